The molecule has 1 aliphatic heterocycles. The number of piperidine rings is 1. The van der Waals surface area contributed by atoms with E-state index in [4.69, 9.17) is 0 Å². The number of H-pyrrole nitrogens is 1. The van der Waals surface area contributed by atoms with E-state index in [2.05, 4.69) is 27.5 Å². The van der Waals surface area contributed by atoms with Crippen molar-refractivity contribution in [3.05, 3.63) is 17.5 Å². The van der Waals surface area contributed by atoms with Crippen LogP contribution in [0.25, 0.3) is 0 Å². The second kappa shape index (κ2) is 4.65. The maximum Gasteiger partial charge on any atom is 0.254 e. The highest BCUT2D eigenvalue weighted by atomic mass is 16.1. The Balaban J connectivity index is 1.91. The second-order valence-electron chi connectivity index (χ2n) is 4.46. The predicted octanol–water partition coefficient (Wildman–Crippen LogP) is 0.542. The van der Waals surface area contributed by atoms with Crippen LogP contribution in [0.15, 0.2) is 6.20 Å². The zero-order chi connectivity index (χ0) is 11.5. The molecule has 2 rings (SSSR count). The van der Waals surface area contributed by atoms with Gasteiger partial charge in [0.15, 0.2) is 0 Å². The fraction of sp³-hybridized carbons (Fsp3) is 0.636. The minimum absolute atomic E-state index is 0.0131. The molecule has 0 atom stereocenters. The van der Waals surface area contributed by atoms with Gasteiger partial charge in [0.25, 0.3) is 5.91 Å². The van der Waals surface area contributed by atoms with Gasteiger partial charge in [-0.05, 0) is 39.9 Å². The number of hydrogen-bond acceptors (Lipinski definition) is 3. The molecule has 0 bridgehead atoms. The lowest BCUT2D eigenvalue weighted by molar-refractivity contribution is 0.0916. The van der Waals surface area contributed by atoms with Crippen molar-refractivity contribution in [2.75, 3.05) is 20.1 Å². The third-order valence-electron chi connectivity index (χ3n) is 3.13. The zero-order valence-electron chi connectivity index (χ0n) is 9.79. The number of carbonyl (C=O) groups is 1. The number of hydrogen-bond donors (Lipinski definition) is 2. The van der Waals surface area contributed by atoms with Crippen molar-refractivity contribution in [1.29, 1.82) is 0 Å². The zero-order valence-corrected chi connectivity index (χ0v) is 9.79. The summed E-state index contributed by atoms with van der Waals surface area (Å²) in [7, 11) is 2.11. The molecule has 1 fully saturated rings. The average molecular weight is 222 g/mol. The molecule has 0 saturated carbocycles. The molecular formula is C11H18N4O. The average Bonchev–Trinajstić information content (AvgIpc) is 2.68. The summed E-state index contributed by atoms with van der Waals surface area (Å²) in [6.07, 6.45) is 3.64. The number of likely N-dealkylation sites (tertiary alicyclic amines) is 1. The number of aromatic amines is 1. The van der Waals surface area contributed by atoms with Crippen LogP contribution in [0.4, 0.5) is 0 Å². The highest BCUT2D eigenvalue weighted by Crippen LogP contribution is 2.10. The summed E-state index contributed by atoms with van der Waals surface area (Å²) in [5.41, 5.74) is 1.48. The van der Waals surface area contributed by atoms with Crippen molar-refractivity contribution in [3.8, 4) is 0 Å². The first kappa shape index (κ1) is 11.1. The molecule has 16 heavy (non-hydrogen) atoms. The molecule has 1 aliphatic rings. The highest BCUT2D eigenvalue weighted by Gasteiger charge is 2.20. The summed E-state index contributed by atoms with van der Waals surface area (Å²) in [4.78, 5) is 14.2. The smallest absolute Gasteiger partial charge is 0.254 e. The van der Waals surface area contributed by atoms with Crippen LogP contribution in [0.2, 0.25) is 0 Å². The Morgan fingerprint density at radius 2 is 2.25 bits per heavy atom. The molecule has 0 aliphatic carbocycles. The summed E-state index contributed by atoms with van der Waals surface area (Å²) in [6, 6.07) is 0.304. The van der Waals surface area contributed by atoms with Crippen LogP contribution in [0.5, 0.6) is 0 Å². The summed E-state index contributed by atoms with van der Waals surface area (Å²) in [5.74, 6) is -0.0131. The topological polar surface area (TPSA) is 61.0 Å². The minimum Gasteiger partial charge on any atom is -0.349 e. The maximum atomic E-state index is 11.9. The lowest BCUT2D eigenvalue weighted by Crippen LogP contribution is -2.43. The van der Waals surface area contributed by atoms with Crippen molar-refractivity contribution in [2.45, 2.75) is 25.8 Å². The van der Waals surface area contributed by atoms with Crippen molar-refractivity contribution >= 4 is 5.91 Å². The summed E-state index contributed by atoms with van der Waals surface area (Å²) in [5, 5.41) is 9.69. The first-order valence-electron chi connectivity index (χ1n) is 5.66. The molecule has 1 aromatic rings. The van der Waals surface area contributed by atoms with Crippen LogP contribution in [-0.2, 0) is 0 Å². The van der Waals surface area contributed by atoms with Crippen molar-refractivity contribution in [2.24, 2.45) is 0 Å². The molecule has 88 valence electrons. The van der Waals surface area contributed by atoms with E-state index in [0.717, 1.165) is 31.6 Å². The van der Waals surface area contributed by atoms with Crippen LogP contribution < -0.4 is 5.32 Å². The lowest BCUT2D eigenvalue weighted by atomic mass is 10.1. The van der Waals surface area contributed by atoms with Gasteiger partial charge in [0.05, 0.1) is 11.8 Å². The van der Waals surface area contributed by atoms with E-state index in [9.17, 15) is 4.79 Å². The molecule has 2 heterocycles. The molecule has 5 heteroatoms. The minimum atomic E-state index is -0.0131. The second-order valence-corrected chi connectivity index (χ2v) is 4.46. The van der Waals surface area contributed by atoms with Gasteiger partial charge in [-0.2, -0.15) is 5.10 Å². The fourth-order valence-electron chi connectivity index (χ4n) is 2.00. The normalized spacial score (nSPS) is 18.6. The van der Waals surface area contributed by atoms with E-state index in [1.165, 1.54) is 0 Å². The van der Waals surface area contributed by atoms with Crippen molar-refractivity contribution in [3.63, 3.8) is 0 Å². The molecular weight excluding hydrogens is 204 g/mol. The van der Waals surface area contributed by atoms with E-state index in [0.29, 0.717) is 11.6 Å². The number of aromatic nitrogens is 2. The Morgan fingerprint density at radius 3 is 2.81 bits per heavy atom. The molecule has 0 unspecified atom stereocenters. The molecule has 5 nitrogen and oxygen atoms in total. The van der Waals surface area contributed by atoms with E-state index < -0.39 is 0 Å². The summed E-state index contributed by atoms with van der Waals surface area (Å²) in [6.45, 7) is 3.96. The molecule has 1 aromatic heterocycles. The van der Waals surface area contributed by atoms with Gasteiger partial charge in [0.1, 0.15) is 0 Å². The SMILES string of the molecule is Cc1[nH]ncc1C(=O)NC1CCN(C)CC1. The Kier molecular flexibility index (Phi) is 3.24. The number of nitrogens with zero attached hydrogens (tertiary/aromatic N) is 2. The Morgan fingerprint density at radius 1 is 1.56 bits per heavy atom. The van der Waals surface area contributed by atoms with E-state index >= 15 is 0 Å². The van der Waals surface area contributed by atoms with Crippen LogP contribution >= 0.6 is 0 Å². The van der Waals surface area contributed by atoms with Gasteiger partial charge in [0.2, 0.25) is 0 Å². The van der Waals surface area contributed by atoms with Gasteiger partial charge < -0.3 is 10.2 Å². The Bertz CT molecular complexity index is 366. The van der Waals surface area contributed by atoms with Crippen molar-refractivity contribution in [1.82, 2.24) is 20.4 Å². The van der Waals surface area contributed by atoms with Gasteiger partial charge >= 0.3 is 0 Å². The maximum absolute atomic E-state index is 11.9. The molecule has 2 N–H and O–H groups in total. The first-order chi connectivity index (χ1) is 7.66. The largest absolute Gasteiger partial charge is 0.349 e. The molecule has 1 saturated heterocycles. The van der Waals surface area contributed by atoms with Gasteiger partial charge in [-0.15, -0.1) is 0 Å². The number of amides is 1. The van der Waals surface area contributed by atoms with Crippen LogP contribution in [0.3, 0.4) is 0 Å². The number of carbonyl (C=O) groups excluding carboxylic acids is 1. The van der Waals surface area contributed by atoms with E-state index in [1.807, 2.05) is 6.92 Å². The third-order valence-corrected chi connectivity index (χ3v) is 3.13. The first-order valence-corrected chi connectivity index (χ1v) is 5.66. The van der Waals surface area contributed by atoms with Gasteiger partial charge in [-0.25, -0.2) is 0 Å². The Hall–Kier alpha value is -1.36. The number of rotatable bonds is 2. The van der Waals surface area contributed by atoms with Gasteiger partial charge in [0, 0.05) is 11.7 Å². The van der Waals surface area contributed by atoms with Gasteiger partial charge in [-0.1, -0.05) is 0 Å². The van der Waals surface area contributed by atoms with Gasteiger partial charge in [-0.3, -0.25) is 9.89 Å². The standard InChI is InChI=1S/C11H18N4O/c1-8-10(7-12-14-8)11(16)13-9-3-5-15(2)6-4-9/h7,9H,3-6H2,1-2H3,(H,12,14)(H,13,16). The molecule has 0 spiro atoms. The number of aryl methyl sites for hydroxylation is 1. The quantitative estimate of drug-likeness (QED) is 0.768. The monoisotopic (exact) mass is 222 g/mol. The van der Waals surface area contributed by atoms with E-state index in [1.54, 1.807) is 6.20 Å². The summed E-state index contributed by atoms with van der Waals surface area (Å²) < 4.78 is 0. The molecule has 0 radical (unpaired) electrons. The molecule has 1 amide bonds. The van der Waals surface area contributed by atoms with Crippen LogP contribution in [0.1, 0.15) is 28.9 Å². The highest BCUT2D eigenvalue weighted by molar-refractivity contribution is 5.95. The predicted molar refractivity (Wildman–Crippen MR) is 61.3 cm³/mol. The molecule has 0 aromatic carbocycles. The summed E-state index contributed by atoms with van der Waals surface area (Å²) >= 11 is 0. The third kappa shape index (κ3) is 2.41. The number of nitrogens with one attached hydrogen (secondary N) is 2. The Labute approximate surface area is 95.2 Å². The van der Waals surface area contributed by atoms with Crippen LogP contribution in [-0.4, -0.2) is 47.2 Å². The fourth-order valence-corrected chi connectivity index (χ4v) is 2.00. The lowest BCUT2D eigenvalue weighted by Gasteiger charge is -2.29. The van der Waals surface area contributed by atoms with E-state index in [-0.39, 0.29) is 5.91 Å². The van der Waals surface area contributed by atoms with Crippen LogP contribution in [0, 0.1) is 6.92 Å². The van der Waals surface area contributed by atoms with Crippen molar-refractivity contribution < 1.29 is 4.79 Å².